The monoisotopic (exact) mass is 305 g/mol. The number of hydrogen-bond donors (Lipinski definition) is 1. The van der Waals surface area contributed by atoms with Crippen molar-refractivity contribution >= 4 is 0 Å². The highest BCUT2D eigenvalue weighted by atomic mass is 19.4. The molecule has 3 heterocycles. The molecule has 3 rings (SSSR count). The van der Waals surface area contributed by atoms with Crippen LogP contribution in [0.5, 0.6) is 0 Å². The summed E-state index contributed by atoms with van der Waals surface area (Å²) in [7, 11) is 1.30. The van der Waals surface area contributed by atoms with Gasteiger partial charge in [0.2, 0.25) is 0 Å². The van der Waals surface area contributed by atoms with Gasteiger partial charge < -0.3 is 14.8 Å². The second-order valence-electron chi connectivity index (χ2n) is 5.64. The van der Waals surface area contributed by atoms with E-state index in [1.807, 2.05) is 6.92 Å². The molecule has 2 aliphatic heterocycles. The Bertz CT molecular complexity index is 517. The second kappa shape index (κ2) is 5.26. The molecule has 1 unspecified atom stereocenters. The van der Waals surface area contributed by atoms with Gasteiger partial charge in [0.05, 0.1) is 31.6 Å². The van der Waals surface area contributed by atoms with Gasteiger partial charge in [0.25, 0.3) is 0 Å². The summed E-state index contributed by atoms with van der Waals surface area (Å²) < 4.78 is 50.2. The summed E-state index contributed by atoms with van der Waals surface area (Å²) >= 11 is 0. The van der Waals surface area contributed by atoms with Crippen molar-refractivity contribution in [3.8, 4) is 0 Å². The van der Waals surface area contributed by atoms with Crippen molar-refractivity contribution in [2.45, 2.75) is 31.3 Å². The summed E-state index contributed by atoms with van der Waals surface area (Å²) in [6.45, 7) is 3.59. The van der Waals surface area contributed by atoms with Crippen LogP contribution in [0, 0.1) is 5.92 Å². The van der Waals surface area contributed by atoms with Crippen LogP contribution in [-0.4, -0.2) is 41.7 Å². The van der Waals surface area contributed by atoms with Crippen molar-refractivity contribution in [3.63, 3.8) is 0 Å². The number of aryl methyl sites for hydroxylation is 1. The number of nitrogens with one attached hydrogen (secondary N) is 1. The molecule has 8 heteroatoms. The van der Waals surface area contributed by atoms with Gasteiger partial charge in [0.1, 0.15) is 5.69 Å². The average Bonchev–Trinajstić information content (AvgIpc) is 3.04. The number of nitrogens with zero attached hydrogens (tertiary/aromatic N) is 2. The first-order chi connectivity index (χ1) is 9.86. The zero-order chi connectivity index (χ0) is 15.2. The molecule has 2 saturated heterocycles. The first-order valence-corrected chi connectivity index (χ1v) is 6.93. The van der Waals surface area contributed by atoms with Crippen molar-refractivity contribution in [2.24, 2.45) is 13.0 Å². The Morgan fingerprint density at radius 1 is 1.38 bits per heavy atom. The molecule has 1 aromatic heterocycles. The highest BCUT2D eigenvalue weighted by Gasteiger charge is 2.42. The smallest absolute Gasteiger partial charge is 0.378 e. The molecule has 0 aromatic carbocycles. The summed E-state index contributed by atoms with van der Waals surface area (Å²) in [6.07, 6.45) is -4.29. The first kappa shape index (κ1) is 14.8. The molecule has 0 aliphatic carbocycles. The molecule has 2 aliphatic rings. The maximum atomic E-state index is 12.8. The lowest BCUT2D eigenvalue weighted by atomic mass is 9.99. The number of halogens is 3. The van der Waals surface area contributed by atoms with E-state index in [-0.39, 0.29) is 24.1 Å². The van der Waals surface area contributed by atoms with E-state index in [1.165, 1.54) is 7.05 Å². The Kier molecular flexibility index (Phi) is 3.71. The van der Waals surface area contributed by atoms with Crippen molar-refractivity contribution < 1.29 is 22.6 Å². The third-order valence-electron chi connectivity index (χ3n) is 4.17. The van der Waals surface area contributed by atoms with E-state index in [9.17, 15) is 13.2 Å². The number of ether oxygens (including phenoxy) is 2. The van der Waals surface area contributed by atoms with Crippen LogP contribution >= 0.6 is 0 Å². The van der Waals surface area contributed by atoms with E-state index in [4.69, 9.17) is 9.47 Å². The Labute approximate surface area is 120 Å². The van der Waals surface area contributed by atoms with E-state index in [0.29, 0.717) is 25.5 Å². The lowest BCUT2D eigenvalue weighted by Crippen LogP contribution is -2.38. The summed E-state index contributed by atoms with van der Waals surface area (Å²) in [5.41, 5.74) is -0.358. The zero-order valence-corrected chi connectivity index (χ0v) is 11.9. The van der Waals surface area contributed by atoms with E-state index < -0.39 is 11.9 Å². The lowest BCUT2D eigenvalue weighted by Gasteiger charge is -2.20. The molecule has 118 valence electrons. The molecule has 0 amide bonds. The fourth-order valence-electron chi connectivity index (χ4n) is 2.99. The molecule has 1 N–H and O–H groups in total. The van der Waals surface area contributed by atoms with Gasteiger partial charge in [0, 0.05) is 25.0 Å². The largest absolute Gasteiger partial charge is 0.433 e. The van der Waals surface area contributed by atoms with Crippen molar-refractivity contribution in [1.82, 2.24) is 15.1 Å². The predicted octanol–water partition coefficient (Wildman–Crippen LogP) is 1.50. The molecule has 0 saturated carbocycles. The van der Waals surface area contributed by atoms with E-state index >= 15 is 0 Å². The van der Waals surface area contributed by atoms with Gasteiger partial charge in [-0.3, -0.25) is 4.68 Å². The molecule has 21 heavy (non-hydrogen) atoms. The van der Waals surface area contributed by atoms with Crippen molar-refractivity contribution in [2.75, 3.05) is 19.8 Å². The number of fused-ring (bicyclic) bond motifs is 1. The quantitative estimate of drug-likeness (QED) is 0.919. The third kappa shape index (κ3) is 2.79. The van der Waals surface area contributed by atoms with E-state index in [1.54, 1.807) is 0 Å². The number of alkyl halides is 3. The van der Waals surface area contributed by atoms with E-state index in [2.05, 4.69) is 10.4 Å². The second-order valence-corrected chi connectivity index (χ2v) is 5.64. The van der Waals surface area contributed by atoms with Crippen LogP contribution in [0.4, 0.5) is 13.2 Å². The van der Waals surface area contributed by atoms with Gasteiger partial charge in [-0.05, 0) is 13.0 Å². The molecule has 1 aromatic rings. The van der Waals surface area contributed by atoms with Crippen LogP contribution in [0.3, 0.4) is 0 Å². The lowest BCUT2D eigenvalue weighted by molar-refractivity contribution is -0.143. The molecular formula is C13H18F3N3O2. The number of rotatable bonds is 3. The van der Waals surface area contributed by atoms with Crippen LogP contribution in [-0.2, 0) is 22.7 Å². The Morgan fingerprint density at radius 3 is 2.81 bits per heavy atom. The Morgan fingerprint density at radius 2 is 2.14 bits per heavy atom. The van der Waals surface area contributed by atoms with Gasteiger partial charge in [-0.2, -0.15) is 18.3 Å². The normalized spacial score (nSPS) is 30.6. The highest BCUT2D eigenvalue weighted by molar-refractivity contribution is 5.16. The standard InChI is InChI=1S/C13H18F3N3O2/c1-7(9-3-12(13(14,15)16)19(2)18-9)17-10-5-21-11-6-20-4-8(10)11/h3,7-8,10-11,17H,4-6H2,1-2H3/t7?,8-,10+,11-/m0/s1. The molecule has 0 spiro atoms. The van der Waals surface area contributed by atoms with Crippen LogP contribution < -0.4 is 5.32 Å². The van der Waals surface area contributed by atoms with Gasteiger partial charge in [-0.1, -0.05) is 0 Å². The minimum absolute atomic E-state index is 0.0869. The van der Waals surface area contributed by atoms with Crippen molar-refractivity contribution in [3.05, 3.63) is 17.5 Å². The molecular weight excluding hydrogens is 287 g/mol. The maximum Gasteiger partial charge on any atom is 0.433 e. The SMILES string of the molecule is CC(N[C@@H]1CO[C@H]2COC[C@H]21)c1cc(C(F)(F)F)n(C)n1. The minimum atomic E-state index is -4.39. The zero-order valence-electron chi connectivity index (χ0n) is 11.9. The molecule has 0 bridgehead atoms. The molecule has 4 atom stereocenters. The Balaban J connectivity index is 1.70. The topological polar surface area (TPSA) is 48.3 Å². The van der Waals surface area contributed by atoms with Gasteiger partial charge in [-0.15, -0.1) is 0 Å². The third-order valence-corrected chi connectivity index (χ3v) is 4.17. The highest BCUT2D eigenvalue weighted by Crippen LogP contribution is 2.32. The predicted molar refractivity (Wildman–Crippen MR) is 67.6 cm³/mol. The maximum absolute atomic E-state index is 12.8. The number of aromatic nitrogens is 2. The molecule has 5 nitrogen and oxygen atoms in total. The van der Waals surface area contributed by atoms with E-state index in [0.717, 1.165) is 10.7 Å². The van der Waals surface area contributed by atoms with Crippen LogP contribution in [0.1, 0.15) is 24.4 Å². The fraction of sp³-hybridized carbons (Fsp3) is 0.769. The van der Waals surface area contributed by atoms with Crippen molar-refractivity contribution in [1.29, 1.82) is 0 Å². The minimum Gasteiger partial charge on any atom is -0.378 e. The van der Waals surface area contributed by atoms with Gasteiger partial charge in [-0.25, -0.2) is 0 Å². The van der Waals surface area contributed by atoms with Gasteiger partial charge in [0.15, 0.2) is 0 Å². The first-order valence-electron chi connectivity index (χ1n) is 6.93. The molecule has 2 fully saturated rings. The van der Waals surface area contributed by atoms with Gasteiger partial charge >= 0.3 is 6.18 Å². The average molecular weight is 305 g/mol. The Hall–Kier alpha value is -1.12. The molecule has 0 radical (unpaired) electrons. The summed E-state index contributed by atoms with van der Waals surface area (Å²) in [5, 5.41) is 7.28. The van der Waals surface area contributed by atoms with Crippen LogP contribution in [0.2, 0.25) is 0 Å². The van der Waals surface area contributed by atoms with Crippen LogP contribution in [0.25, 0.3) is 0 Å². The fourth-order valence-corrected chi connectivity index (χ4v) is 2.99. The number of hydrogen-bond acceptors (Lipinski definition) is 4. The summed E-state index contributed by atoms with van der Waals surface area (Å²) in [5.74, 6) is 0.262. The summed E-state index contributed by atoms with van der Waals surface area (Å²) in [6, 6.07) is 0.903. The summed E-state index contributed by atoms with van der Waals surface area (Å²) in [4.78, 5) is 0. The van der Waals surface area contributed by atoms with Crippen LogP contribution in [0.15, 0.2) is 6.07 Å².